The van der Waals surface area contributed by atoms with E-state index in [0.717, 1.165) is 5.69 Å². The molecular weight excluding hydrogens is 410 g/mol. The van der Waals surface area contributed by atoms with Crippen LogP contribution in [0.15, 0.2) is 35.3 Å². The maximum Gasteiger partial charge on any atom is 0.338 e. The largest absolute Gasteiger partial charge is 0.449 e. The molecule has 0 radical (unpaired) electrons. The average Bonchev–Trinajstić information content (AvgIpc) is 3.23. The number of hydrogen-bond donors (Lipinski definition) is 1. The number of imidazole rings is 1. The lowest BCUT2D eigenvalue weighted by molar-refractivity contribution is -0.141. The van der Waals surface area contributed by atoms with Crippen molar-refractivity contribution in [2.75, 3.05) is 18.1 Å². The fourth-order valence-corrected chi connectivity index (χ4v) is 5.38. The highest BCUT2D eigenvalue weighted by Crippen LogP contribution is 2.19. The summed E-state index contributed by atoms with van der Waals surface area (Å²) in [6.45, 7) is 5.35. The second kappa shape index (κ2) is 8.47. The first-order chi connectivity index (χ1) is 14.1. The number of nitrogens with one attached hydrogen (secondary N) is 1. The minimum Gasteiger partial charge on any atom is -0.449 e. The third-order valence-electron chi connectivity index (χ3n) is 5.23. The maximum absolute atomic E-state index is 12.7. The second-order valence-corrected chi connectivity index (χ2v) is 9.57. The van der Waals surface area contributed by atoms with Gasteiger partial charge in [-0.15, -0.1) is 0 Å². The zero-order valence-electron chi connectivity index (χ0n) is 17.1. The highest BCUT2D eigenvalue weighted by molar-refractivity contribution is 7.91. The van der Waals surface area contributed by atoms with Gasteiger partial charge in [0.15, 0.2) is 15.9 Å². The second-order valence-electron chi connectivity index (χ2n) is 7.35. The number of aromatic amines is 1. The zero-order chi connectivity index (χ0) is 22.1. The van der Waals surface area contributed by atoms with Gasteiger partial charge in [-0.3, -0.25) is 9.36 Å². The van der Waals surface area contributed by atoms with Crippen molar-refractivity contribution in [1.82, 2.24) is 14.5 Å². The molecule has 3 rings (SSSR count). The van der Waals surface area contributed by atoms with Crippen molar-refractivity contribution in [3.63, 3.8) is 0 Å². The van der Waals surface area contributed by atoms with E-state index in [9.17, 15) is 22.8 Å². The molecule has 10 heteroatoms. The number of rotatable bonds is 6. The van der Waals surface area contributed by atoms with E-state index in [0.29, 0.717) is 18.7 Å². The molecule has 1 N–H and O–H groups in total. The average molecular weight is 436 g/mol. The van der Waals surface area contributed by atoms with Gasteiger partial charge in [0.05, 0.1) is 22.8 Å². The summed E-state index contributed by atoms with van der Waals surface area (Å²) in [7, 11) is -3.13. The Bertz CT molecular complexity index is 1100. The number of carbonyl (C=O) groups excluding carboxylic acids is 2. The molecule has 30 heavy (non-hydrogen) atoms. The van der Waals surface area contributed by atoms with E-state index in [1.807, 2.05) is 0 Å². The van der Waals surface area contributed by atoms with Crippen molar-refractivity contribution >= 4 is 21.7 Å². The molecule has 162 valence electrons. The van der Waals surface area contributed by atoms with Crippen LogP contribution in [0.25, 0.3) is 5.69 Å². The molecule has 1 saturated heterocycles. The van der Waals surface area contributed by atoms with Crippen LogP contribution < -0.4 is 5.69 Å². The van der Waals surface area contributed by atoms with E-state index in [4.69, 9.17) is 4.74 Å². The Morgan fingerprint density at radius 3 is 2.47 bits per heavy atom. The Labute approximate surface area is 174 Å². The predicted octanol–water partition coefficient (Wildman–Crippen LogP) is 1.05. The lowest BCUT2D eigenvalue weighted by atomic mass is 10.2. The molecule has 0 saturated carbocycles. The van der Waals surface area contributed by atoms with Gasteiger partial charge in [-0.2, -0.15) is 0 Å². The third-order valence-corrected chi connectivity index (χ3v) is 6.98. The van der Waals surface area contributed by atoms with Crippen molar-refractivity contribution in [1.29, 1.82) is 0 Å². The Hall–Kier alpha value is -2.88. The van der Waals surface area contributed by atoms with Crippen LogP contribution >= 0.6 is 0 Å². The topological polar surface area (TPSA) is 119 Å². The molecule has 2 heterocycles. The Morgan fingerprint density at radius 2 is 1.97 bits per heavy atom. The Kier molecular flexibility index (Phi) is 6.16. The van der Waals surface area contributed by atoms with Gasteiger partial charge in [-0.1, -0.05) is 0 Å². The molecule has 0 bridgehead atoms. The summed E-state index contributed by atoms with van der Waals surface area (Å²) in [4.78, 5) is 41.1. The van der Waals surface area contributed by atoms with E-state index in [-0.39, 0.29) is 22.8 Å². The first-order valence-electron chi connectivity index (χ1n) is 9.72. The van der Waals surface area contributed by atoms with Gasteiger partial charge in [0.25, 0.3) is 5.91 Å². The van der Waals surface area contributed by atoms with Gasteiger partial charge in [0.1, 0.15) is 0 Å². The quantitative estimate of drug-likeness (QED) is 0.678. The normalized spacial score (nSPS) is 18.7. The van der Waals surface area contributed by atoms with E-state index in [1.165, 1.54) is 28.5 Å². The number of ether oxygens (including phenoxy) is 1. The van der Waals surface area contributed by atoms with Gasteiger partial charge in [-0.25, -0.2) is 18.0 Å². The summed E-state index contributed by atoms with van der Waals surface area (Å²) in [6.07, 6.45) is 0.935. The van der Waals surface area contributed by atoms with E-state index >= 15 is 0 Å². The van der Waals surface area contributed by atoms with E-state index < -0.39 is 33.9 Å². The number of aromatic nitrogens is 2. The maximum atomic E-state index is 12.7. The molecule has 1 aliphatic rings. The zero-order valence-corrected chi connectivity index (χ0v) is 17.9. The number of nitrogens with zero attached hydrogens (tertiary/aromatic N) is 2. The highest BCUT2D eigenvalue weighted by atomic mass is 32.2. The van der Waals surface area contributed by atoms with Crippen molar-refractivity contribution in [2.24, 2.45) is 0 Å². The van der Waals surface area contributed by atoms with Crippen molar-refractivity contribution in [3.8, 4) is 5.69 Å². The van der Waals surface area contributed by atoms with Crippen LogP contribution in [0.5, 0.6) is 0 Å². The summed E-state index contributed by atoms with van der Waals surface area (Å²) < 4.78 is 30.2. The summed E-state index contributed by atoms with van der Waals surface area (Å²) in [5.74, 6) is -1.09. The fourth-order valence-electron chi connectivity index (χ4n) is 3.65. The van der Waals surface area contributed by atoms with Crippen LogP contribution in [-0.4, -0.2) is 64.9 Å². The van der Waals surface area contributed by atoms with Crippen molar-refractivity contribution < 1.29 is 22.7 Å². The molecule has 2 aromatic rings. The van der Waals surface area contributed by atoms with Crippen molar-refractivity contribution in [3.05, 3.63) is 52.2 Å². The molecule has 2 unspecified atom stereocenters. The molecule has 1 amide bonds. The molecule has 0 spiro atoms. The number of sulfone groups is 1. The van der Waals surface area contributed by atoms with Crippen LogP contribution in [0, 0.1) is 6.92 Å². The van der Waals surface area contributed by atoms with E-state index in [1.54, 1.807) is 32.2 Å². The molecule has 9 nitrogen and oxygen atoms in total. The number of carbonyl (C=O) groups is 2. The summed E-state index contributed by atoms with van der Waals surface area (Å²) in [5, 5.41) is 0. The molecule has 0 aliphatic carbocycles. The lowest BCUT2D eigenvalue weighted by Crippen LogP contribution is -2.46. The van der Waals surface area contributed by atoms with Crippen LogP contribution in [0.3, 0.4) is 0 Å². The lowest BCUT2D eigenvalue weighted by Gasteiger charge is -2.29. The van der Waals surface area contributed by atoms with E-state index in [2.05, 4.69) is 4.98 Å². The summed E-state index contributed by atoms with van der Waals surface area (Å²) in [5.41, 5.74) is 1.28. The summed E-state index contributed by atoms with van der Waals surface area (Å²) >= 11 is 0. The Balaban J connectivity index is 1.67. The molecular formula is C20H25N3O6S. The fraction of sp³-hybridized carbons (Fsp3) is 0.450. The first kappa shape index (κ1) is 21.8. The van der Waals surface area contributed by atoms with Gasteiger partial charge in [0.2, 0.25) is 0 Å². The monoisotopic (exact) mass is 435 g/mol. The standard InChI is InChI=1S/C20H25N3O6S/c1-4-22(17-9-10-30(27,28)12-17)18(24)14(3)29-19(25)15-5-7-16(8-6-15)23-13(2)11-21-20(23)26/h5-8,11,14,17H,4,9-10,12H2,1-3H3,(H,21,26). The minimum atomic E-state index is -3.13. The van der Waals surface area contributed by atoms with Gasteiger partial charge < -0.3 is 14.6 Å². The van der Waals surface area contributed by atoms with Crippen molar-refractivity contribution in [2.45, 2.75) is 39.3 Å². The SMILES string of the molecule is CCN(C(=O)C(C)OC(=O)c1ccc(-n2c(C)c[nH]c2=O)cc1)C1CCS(=O)(=O)C1. The summed E-state index contributed by atoms with van der Waals surface area (Å²) in [6, 6.07) is 5.89. The smallest absolute Gasteiger partial charge is 0.338 e. The van der Waals surface area contributed by atoms with Crippen LogP contribution in [0.4, 0.5) is 0 Å². The number of H-pyrrole nitrogens is 1. The van der Waals surface area contributed by atoms with Crippen LogP contribution in [0.1, 0.15) is 36.3 Å². The first-order valence-corrected chi connectivity index (χ1v) is 11.5. The number of hydrogen-bond acceptors (Lipinski definition) is 6. The number of benzene rings is 1. The molecule has 1 aromatic heterocycles. The minimum absolute atomic E-state index is 0.0612. The molecule has 2 atom stereocenters. The van der Waals surface area contributed by atoms with Crippen LogP contribution in [-0.2, 0) is 19.4 Å². The van der Waals surface area contributed by atoms with Gasteiger partial charge in [0, 0.05) is 24.5 Å². The third kappa shape index (κ3) is 4.48. The van der Waals surface area contributed by atoms with Gasteiger partial charge in [-0.05, 0) is 51.5 Å². The number of likely N-dealkylation sites (N-methyl/N-ethyl adjacent to an activating group) is 1. The molecule has 1 fully saturated rings. The predicted molar refractivity (Wildman–Crippen MR) is 110 cm³/mol. The number of amides is 1. The van der Waals surface area contributed by atoms with Crippen LogP contribution in [0.2, 0.25) is 0 Å². The highest BCUT2D eigenvalue weighted by Gasteiger charge is 2.36. The molecule has 1 aliphatic heterocycles. The number of aryl methyl sites for hydroxylation is 1. The van der Waals surface area contributed by atoms with Gasteiger partial charge >= 0.3 is 11.7 Å². The Morgan fingerprint density at radius 1 is 1.30 bits per heavy atom. The molecule has 1 aromatic carbocycles. The number of esters is 1.